The highest BCUT2D eigenvalue weighted by Gasteiger charge is 2.09. The van der Waals surface area contributed by atoms with Gasteiger partial charge in [0, 0.05) is 5.56 Å². The van der Waals surface area contributed by atoms with Crippen LogP contribution in [0.3, 0.4) is 0 Å². The molecule has 0 aliphatic rings. The molecule has 0 fully saturated rings. The summed E-state index contributed by atoms with van der Waals surface area (Å²) < 4.78 is 23.6. The number of halogens is 1. The zero-order chi connectivity index (χ0) is 19.2. The Morgan fingerprint density at radius 1 is 0.889 bits per heavy atom. The molecule has 0 spiro atoms. The van der Waals surface area contributed by atoms with Gasteiger partial charge in [0.25, 0.3) is 0 Å². The molecule has 0 aliphatic heterocycles. The van der Waals surface area contributed by atoms with E-state index in [1.165, 1.54) is 25.3 Å². The maximum atomic E-state index is 13.2. The molecule has 3 aromatic rings. The normalized spacial score (nSPS) is 10.8. The molecule has 0 aliphatic carbocycles. The van der Waals surface area contributed by atoms with Gasteiger partial charge < -0.3 is 9.47 Å². The number of methoxy groups -OCH3 is 2. The van der Waals surface area contributed by atoms with Crippen molar-refractivity contribution in [3.05, 3.63) is 89.8 Å². The van der Waals surface area contributed by atoms with Crippen LogP contribution in [0.1, 0.15) is 15.9 Å². The second-order valence-corrected chi connectivity index (χ2v) is 5.86. The van der Waals surface area contributed by atoms with E-state index < -0.39 is 0 Å². The van der Waals surface area contributed by atoms with Gasteiger partial charge in [0.05, 0.1) is 14.2 Å². The van der Waals surface area contributed by atoms with Crippen LogP contribution in [0.4, 0.5) is 4.39 Å². The first kappa shape index (κ1) is 18.4. The van der Waals surface area contributed by atoms with Crippen molar-refractivity contribution in [1.82, 2.24) is 0 Å². The molecular weight excluding hydrogens is 343 g/mol. The molecule has 0 saturated heterocycles. The van der Waals surface area contributed by atoms with Gasteiger partial charge in [-0.3, -0.25) is 4.79 Å². The molecule has 0 radical (unpaired) electrons. The number of carbonyl (C=O) groups excluding carboxylic acids is 1. The Hall–Kier alpha value is -3.40. The van der Waals surface area contributed by atoms with Crippen LogP contribution < -0.4 is 9.47 Å². The molecule has 3 nitrogen and oxygen atoms in total. The lowest BCUT2D eigenvalue weighted by molar-refractivity contribution is 0.104. The fourth-order valence-electron chi connectivity index (χ4n) is 2.79. The minimum atomic E-state index is -0.282. The van der Waals surface area contributed by atoms with Gasteiger partial charge in [-0.05, 0) is 53.1 Å². The number of hydrogen-bond acceptors (Lipinski definition) is 3. The number of hydrogen-bond donors (Lipinski definition) is 0. The number of benzene rings is 3. The molecule has 0 heterocycles. The highest BCUT2D eigenvalue weighted by Crippen LogP contribution is 2.28. The Morgan fingerprint density at radius 2 is 1.59 bits per heavy atom. The third kappa shape index (κ3) is 4.23. The summed E-state index contributed by atoms with van der Waals surface area (Å²) in [6.45, 7) is 0. The smallest absolute Gasteiger partial charge is 0.185 e. The number of ketones is 1. The van der Waals surface area contributed by atoms with Crippen LogP contribution in [0.25, 0.3) is 17.2 Å². The quantitative estimate of drug-likeness (QED) is 0.435. The van der Waals surface area contributed by atoms with Crippen molar-refractivity contribution >= 4 is 11.9 Å². The van der Waals surface area contributed by atoms with Crippen molar-refractivity contribution in [2.45, 2.75) is 0 Å². The van der Waals surface area contributed by atoms with E-state index in [0.717, 1.165) is 16.7 Å². The van der Waals surface area contributed by atoms with Crippen molar-refractivity contribution in [1.29, 1.82) is 0 Å². The van der Waals surface area contributed by atoms with Crippen LogP contribution in [0.2, 0.25) is 0 Å². The summed E-state index contributed by atoms with van der Waals surface area (Å²) in [7, 11) is 3.08. The Balaban J connectivity index is 1.88. The lowest BCUT2D eigenvalue weighted by Crippen LogP contribution is -1.97. The number of allylic oxidation sites excluding steroid dienone is 1. The van der Waals surface area contributed by atoms with Crippen molar-refractivity contribution in [2.75, 3.05) is 14.2 Å². The van der Waals surface area contributed by atoms with E-state index >= 15 is 0 Å². The van der Waals surface area contributed by atoms with Crippen molar-refractivity contribution in [2.24, 2.45) is 0 Å². The minimum Gasteiger partial charge on any atom is -0.493 e. The number of carbonyl (C=O) groups is 1. The predicted octanol–water partition coefficient (Wildman–Crippen LogP) is 5.41. The molecule has 3 rings (SSSR count). The second kappa shape index (κ2) is 8.32. The largest absolute Gasteiger partial charge is 0.493 e. The molecule has 27 heavy (non-hydrogen) atoms. The SMILES string of the molecule is COc1ccc(C(=O)/C=C/c2ccccc2-c2ccc(F)cc2)cc1OC. The lowest BCUT2D eigenvalue weighted by Gasteiger charge is -2.08. The van der Waals surface area contributed by atoms with E-state index in [9.17, 15) is 9.18 Å². The van der Waals surface area contributed by atoms with Gasteiger partial charge in [-0.2, -0.15) is 0 Å². The highest BCUT2D eigenvalue weighted by molar-refractivity contribution is 6.07. The Morgan fingerprint density at radius 3 is 2.30 bits per heavy atom. The Kier molecular flexibility index (Phi) is 5.67. The zero-order valence-electron chi connectivity index (χ0n) is 15.1. The number of ether oxygens (including phenoxy) is 2. The second-order valence-electron chi connectivity index (χ2n) is 5.86. The van der Waals surface area contributed by atoms with Gasteiger partial charge >= 0.3 is 0 Å². The first-order valence-electron chi connectivity index (χ1n) is 8.42. The van der Waals surface area contributed by atoms with Gasteiger partial charge in [-0.1, -0.05) is 42.5 Å². The fourth-order valence-corrected chi connectivity index (χ4v) is 2.79. The van der Waals surface area contributed by atoms with Gasteiger partial charge in [-0.15, -0.1) is 0 Å². The van der Waals surface area contributed by atoms with Crippen molar-refractivity contribution in [3.63, 3.8) is 0 Å². The van der Waals surface area contributed by atoms with Gasteiger partial charge in [0.1, 0.15) is 5.82 Å². The van der Waals surface area contributed by atoms with Crippen LogP contribution in [0.15, 0.2) is 72.8 Å². The van der Waals surface area contributed by atoms with Gasteiger partial charge in [0.2, 0.25) is 0 Å². The molecule has 0 saturated carbocycles. The first-order chi connectivity index (χ1) is 13.1. The monoisotopic (exact) mass is 362 g/mol. The molecule has 0 aromatic heterocycles. The summed E-state index contributed by atoms with van der Waals surface area (Å²) in [4.78, 5) is 12.5. The maximum absolute atomic E-state index is 13.2. The average molecular weight is 362 g/mol. The third-order valence-electron chi connectivity index (χ3n) is 4.20. The molecule has 0 amide bonds. The Bertz CT molecular complexity index is 975. The Labute approximate surface area is 157 Å². The third-order valence-corrected chi connectivity index (χ3v) is 4.20. The van der Waals surface area contributed by atoms with E-state index in [-0.39, 0.29) is 11.6 Å². The fraction of sp³-hybridized carbons (Fsp3) is 0.0870. The van der Waals surface area contributed by atoms with E-state index in [1.807, 2.05) is 24.3 Å². The van der Waals surface area contributed by atoms with E-state index in [1.54, 1.807) is 43.5 Å². The average Bonchev–Trinajstić information content (AvgIpc) is 2.72. The summed E-state index contributed by atoms with van der Waals surface area (Å²) in [5.74, 6) is 0.642. The summed E-state index contributed by atoms with van der Waals surface area (Å²) in [6.07, 6.45) is 3.28. The van der Waals surface area contributed by atoms with Crippen LogP contribution in [-0.4, -0.2) is 20.0 Å². The molecule has 0 N–H and O–H groups in total. The summed E-state index contributed by atoms with van der Waals surface area (Å²) >= 11 is 0. The summed E-state index contributed by atoms with van der Waals surface area (Å²) in [6, 6.07) is 19.0. The standard InChI is InChI=1S/C23H19FO3/c1-26-22-14-10-18(15-23(22)27-2)21(25)13-9-16-5-3-4-6-20(16)17-7-11-19(24)12-8-17/h3-15H,1-2H3/b13-9+. The molecule has 136 valence electrons. The van der Waals surface area contributed by atoms with Crippen LogP contribution in [-0.2, 0) is 0 Å². The van der Waals surface area contributed by atoms with Crippen molar-refractivity contribution in [3.8, 4) is 22.6 Å². The molecule has 0 bridgehead atoms. The lowest BCUT2D eigenvalue weighted by atomic mass is 9.98. The zero-order valence-corrected chi connectivity index (χ0v) is 15.1. The van der Waals surface area contributed by atoms with E-state index in [4.69, 9.17) is 9.47 Å². The first-order valence-corrected chi connectivity index (χ1v) is 8.42. The van der Waals surface area contributed by atoms with Gasteiger partial charge in [-0.25, -0.2) is 4.39 Å². The topological polar surface area (TPSA) is 35.5 Å². The summed E-state index contributed by atoms with van der Waals surface area (Å²) in [5.41, 5.74) is 3.19. The van der Waals surface area contributed by atoms with Gasteiger partial charge in [0.15, 0.2) is 17.3 Å². The minimum absolute atomic E-state index is 0.148. The predicted molar refractivity (Wildman–Crippen MR) is 105 cm³/mol. The van der Waals surface area contributed by atoms with Crippen LogP contribution in [0.5, 0.6) is 11.5 Å². The van der Waals surface area contributed by atoms with Crippen LogP contribution >= 0.6 is 0 Å². The van der Waals surface area contributed by atoms with Crippen LogP contribution in [0, 0.1) is 5.82 Å². The highest BCUT2D eigenvalue weighted by atomic mass is 19.1. The summed E-state index contributed by atoms with van der Waals surface area (Å²) in [5, 5.41) is 0. The van der Waals surface area contributed by atoms with Crippen molar-refractivity contribution < 1.29 is 18.7 Å². The maximum Gasteiger partial charge on any atom is 0.185 e. The molecule has 0 unspecified atom stereocenters. The van der Waals surface area contributed by atoms with E-state index in [0.29, 0.717) is 17.1 Å². The molecule has 0 atom stereocenters. The molecule has 4 heteroatoms. The van der Waals surface area contributed by atoms with E-state index in [2.05, 4.69) is 0 Å². The molecular formula is C23H19FO3. The molecule has 3 aromatic carbocycles. The number of rotatable bonds is 6.